The topological polar surface area (TPSA) is 57.6 Å². The van der Waals surface area contributed by atoms with Gasteiger partial charge >= 0.3 is 0 Å². The summed E-state index contributed by atoms with van der Waals surface area (Å²) in [4.78, 5) is 0. The van der Waals surface area contributed by atoms with E-state index in [9.17, 15) is 8.42 Å². The number of halogens is 1. The molecule has 0 aliphatic rings. The van der Waals surface area contributed by atoms with Crippen molar-refractivity contribution in [2.45, 2.75) is 10.8 Å². The van der Waals surface area contributed by atoms with Crippen molar-refractivity contribution in [1.29, 1.82) is 0 Å². The fourth-order valence-corrected chi connectivity index (χ4v) is 5.63. The van der Waals surface area contributed by atoms with Crippen LogP contribution in [0.5, 0.6) is 0 Å². The van der Waals surface area contributed by atoms with Crippen LogP contribution in [0.3, 0.4) is 0 Å². The van der Waals surface area contributed by atoms with Crippen molar-refractivity contribution in [2.24, 2.45) is 0 Å². The lowest BCUT2D eigenvalue weighted by atomic mass is 10.2. The number of nitrogens with zero attached hydrogens (tertiary/aromatic N) is 1. The molecule has 2 rings (SSSR count). The van der Waals surface area contributed by atoms with Crippen LogP contribution in [0.4, 0.5) is 0 Å². The average Bonchev–Trinajstić information content (AvgIpc) is 2.86. The highest BCUT2D eigenvalue weighted by Gasteiger charge is 2.27. The molecule has 0 saturated carbocycles. The summed E-state index contributed by atoms with van der Waals surface area (Å²) in [6.07, 6.45) is 0. The summed E-state index contributed by atoms with van der Waals surface area (Å²) in [5.41, 5.74) is 0.886. The number of rotatable bonds is 6. The molecule has 20 heavy (non-hydrogen) atoms. The van der Waals surface area contributed by atoms with Gasteiger partial charge in [-0.3, -0.25) is 0 Å². The lowest BCUT2D eigenvalue weighted by Gasteiger charge is -2.20. The number of hydrogen-bond acceptors (Lipinski definition) is 4. The first-order valence-corrected chi connectivity index (χ1v) is 9.05. The third kappa shape index (κ3) is 3.48. The Hall–Kier alpha value is -0.730. The minimum Gasteiger partial charge on any atom is -0.395 e. The first-order valence-electron chi connectivity index (χ1n) is 5.93. The van der Waals surface area contributed by atoms with Gasteiger partial charge in [0.05, 0.1) is 6.61 Å². The van der Waals surface area contributed by atoms with Crippen LogP contribution < -0.4 is 0 Å². The molecule has 0 saturated heterocycles. The fraction of sp³-hybridized carbons (Fsp3) is 0.231. The molecule has 0 radical (unpaired) electrons. The van der Waals surface area contributed by atoms with Crippen molar-refractivity contribution in [1.82, 2.24) is 4.31 Å². The van der Waals surface area contributed by atoms with E-state index in [2.05, 4.69) is 15.9 Å². The molecule has 1 aromatic carbocycles. The first kappa shape index (κ1) is 15.7. The average molecular weight is 376 g/mol. The van der Waals surface area contributed by atoms with E-state index in [4.69, 9.17) is 5.11 Å². The Morgan fingerprint density at radius 3 is 2.45 bits per heavy atom. The molecule has 2 aromatic rings. The maximum atomic E-state index is 12.6. The molecule has 0 spiro atoms. The lowest BCUT2D eigenvalue weighted by Crippen LogP contribution is -2.32. The third-order valence-electron chi connectivity index (χ3n) is 2.71. The number of aliphatic hydroxyl groups is 1. The number of thiophene rings is 1. The van der Waals surface area contributed by atoms with E-state index in [0.717, 1.165) is 16.9 Å². The van der Waals surface area contributed by atoms with Crippen molar-refractivity contribution >= 4 is 37.3 Å². The summed E-state index contributed by atoms with van der Waals surface area (Å²) in [5, 5.41) is 10.8. The minimum absolute atomic E-state index is 0.0710. The summed E-state index contributed by atoms with van der Waals surface area (Å²) in [6, 6.07) is 11.0. The zero-order valence-corrected chi connectivity index (χ0v) is 13.8. The molecule has 4 nitrogen and oxygen atoms in total. The highest BCUT2D eigenvalue weighted by atomic mass is 79.9. The zero-order valence-electron chi connectivity index (χ0n) is 10.6. The van der Waals surface area contributed by atoms with Gasteiger partial charge in [0.25, 0.3) is 10.0 Å². The predicted molar refractivity (Wildman–Crippen MR) is 83.1 cm³/mol. The van der Waals surface area contributed by atoms with Gasteiger partial charge < -0.3 is 5.11 Å². The van der Waals surface area contributed by atoms with Crippen LogP contribution in [0.1, 0.15) is 5.56 Å². The molecular formula is C13H14BrNO3S2. The Bertz CT molecular complexity index is 655. The molecule has 0 amide bonds. The van der Waals surface area contributed by atoms with E-state index in [-0.39, 0.29) is 23.9 Å². The van der Waals surface area contributed by atoms with Gasteiger partial charge in [0.15, 0.2) is 0 Å². The van der Waals surface area contributed by atoms with Crippen molar-refractivity contribution in [3.05, 3.63) is 51.8 Å². The van der Waals surface area contributed by atoms with Crippen molar-refractivity contribution in [3.8, 4) is 0 Å². The smallest absolute Gasteiger partial charge is 0.254 e. The number of benzene rings is 1. The van der Waals surface area contributed by atoms with Gasteiger partial charge in [-0.15, -0.1) is 11.3 Å². The Morgan fingerprint density at radius 1 is 1.20 bits per heavy atom. The van der Waals surface area contributed by atoms with Crippen LogP contribution in [0.25, 0.3) is 0 Å². The normalized spacial score (nSPS) is 11.9. The van der Waals surface area contributed by atoms with Crippen LogP contribution in [0.15, 0.2) is 50.5 Å². The van der Waals surface area contributed by atoms with E-state index in [1.54, 1.807) is 11.4 Å². The van der Waals surface area contributed by atoms with E-state index in [1.807, 2.05) is 30.3 Å². The maximum Gasteiger partial charge on any atom is 0.254 e. The summed E-state index contributed by atoms with van der Waals surface area (Å²) in [5.74, 6) is 0. The fourth-order valence-electron chi connectivity index (χ4n) is 1.76. The largest absolute Gasteiger partial charge is 0.395 e. The Kier molecular flexibility index (Phi) is 5.34. The van der Waals surface area contributed by atoms with Crippen LogP contribution >= 0.6 is 27.3 Å². The van der Waals surface area contributed by atoms with Crippen molar-refractivity contribution in [2.75, 3.05) is 13.2 Å². The van der Waals surface area contributed by atoms with E-state index in [0.29, 0.717) is 4.47 Å². The van der Waals surface area contributed by atoms with Gasteiger partial charge in [0.2, 0.25) is 0 Å². The molecule has 0 fully saturated rings. The predicted octanol–water partition coefficient (Wildman–Crippen LogP) is 2.69. The molecule has 0 bridgehead atoms. The molecule has 0 atom stereocenters. The van der Waals surface area contributed by atoms with Gasteiger partial charge in [-0.25, -0.2) is 8.42 Å². The number of sulfonamides is 1. The van der Waals surface area contributed by atoms with Gasteiger partial charge in [-0.1, -0.05) is 30.3 Å². The Balaban J connectivity index is 2.31. The zero-order chi connectivity index (χ0) is 14.6. The summed E-state index contributed by atoms with van der Waals surface area (Å²) in [7, 11) is -3.60. The van der Waals surface area contributed by atoms with Crippen molar-refractivity contribution < 1.29 is 13.5 Å². The second-order valence-corrected chi connectivity index (χ2v) is 8.01. The molecule has 1 aromatic heterocycles. The Labute approximate surface area is 130 Å². The maximum absolute atomic E-state index is 12.6. The molecule has 7 heteroatoms. The standard InChI is InChI=1S/C13H14BrNO3S2/c14-12-6-9-19-13(12)20(17,18)15(7-8-16)10-11-4-2-1-3-5-11/h1-6,9,16H,7-8,10H2. The minimum atomic E-state index is -3.60. The summed E-state index contributed by atoms with van der Waals surface area (Å²) < 4.78 is 27.3. The molecule has 0 aliphatic heterocycles. The Morgan fingerprint density at radius 2 is 1.90 bits per heavy atom. The summed E-state index contributed by atoms with van der Waals surface area (Å²) >= 11 is 4.41. The summed E-state index contributed by atoms with van der Waals surface area (Å²) in [6.45, 7) is 0.102. The highest BCUT2D eigenvalue weighted by molar-refractivity contribution is 9.10. The van der Waals surface area contributed by atoms with E-state index < -0.39 is 10.0 Å². The molecule has 0 unspecified atom stereocenters. The SMILES string of the molecule is O=S(=O)(c1sccc1Br)N(CCO)Cc1ccccc1. The van der Waals surface area contributed by atoms with Gasteiger partial charge in [0.1, 0.15) is 4.21 Å². The molecule has 1 N–H and O–H groups in total. The molecule has 0 aliphatic carbocycles. The van der Waals surface area contributed by atoms with Crippen LogP contribution in [0.2, 0.25) is 0 Å². The van der Waals surface area contributed by atoms with Gasteiger partial charge in [-0.2, -0.15) is 4.31 Å². The molecular weight excluding hydrogens is 362 g/mol. The number of hydrogen-bond donors (Lipinski definition) is 1. The van der Waals surface area contributed by atoms with E-state index >= 15 is 0 Å². The quantitative estimate of drug-likeness (QED) is 0.844. The number of aliphatic hydroxyl groups excluding tert-OH is 1. The van der Waals surface area contributed by atoms with Gasteiger partial charge in [0, 0.05) is 17.6 Å². The van der Waals surface area contributed by atoms with E-state index in [1.165, 1.54) is 4.31 Å². The van der Waals surface area contributed by atoms with Crippen LogP contribution in [-0.2, 0) is 16.6 Å². The first-order chi connectivity index (χ1) is 9.55. The lowest BCUT2D eigenvalue weighted by molar-refractivity contribution is 0.251. The second kappa shape index (κ2) is 6.82. The monoisotopic (exact) mass is 375 g/mol. The van der Waals surface area contributed by atoms with Crippen LogP contribution in [-0.4, -0.2) is 31.0 Å². The van der Waals surface area contributed by atoms with Crippen molar-refractivity contribution in [3.63, 3.8) is 0 Å². The highest BCUT2D eigenvalue weighted by Crippen LogP contribution is 2.30. The third-order valence-corrected chi connectivity index (χ3v) is 7.20. The molecule has 1 heterocycles. The van der Waals surface area contributed by atoms with Crippen LogP contribution in [0, 0.1) is 0 Å². The van der Waals surface area contributed by atoms with Gasteiger partial charge in [-0.05, 0) is 32.9 Å². The second-order valence-electron chi connectivity index (χ2n) is 4.10. The molecule has 108 valence electrons.